The van der Waals surface area contributed by atoms with Crippen LogP contribution in [0.5, 0.6) is 5.75 Å². The molecule has 2 aromatic carbocycles. The lowest BCUT2D eigenvalue weighted by Crippen LogP contribution is -2.30. The molecule has 0 aliphatic carbocycles. The Hall–Kier alpha value is -1.80. The molecule has 2 nitrogen and oxygen atoms in total. The summed E-state index contributed by atoms with van der Waals surface area (Å²) in [5, 5.41) is 3.64. The Bertz CT molecular complexity index is 603. The van der Waals surface area contributed by atoms with Gasteiger partial charge in [-0.1, -0.05) is 43.7 Å². The van der Waals surface area contributed by atoms with Gasteiger partial charge in [-0.2, -0.15) is 0 Å². The van der Waals surface area contributed by atoms with Gasteiger partial charge in [-0.05, 0) is 47.2 Å². The number of aryl methyl sites for hydroxylation is 1. The van der Waals surface area contributed by atoms with Crippen molar-refractivity contribution in [1.82, 2.24) is 5.32 Å². The van der Waals surface area contributed by atoms with Crippen LogP contribution < -0.4 is 10.1 Å². The Balaban J connectivity index is 1.90. The number of nitrogens with one attached hydrogen (secondary N) is 1. The molecule has 0 spiro atoms. The van der Waals surface area contributed by atoms with Crippen molar-refractivity contribution in [1.29, 1.82) is 0 Å². The first kappa shape index (κ1) is 14.2. The summed E-state index contributed by atoms with van der Waals surface area (Å²) in [6.07, 6.45) is 3.42. The van der Waals surface area contributed by atoms with Gasteiger partial charge in [0, 0.05) is 6.54 Å². The quantitative estimate of drug-likeness (QED) is 0.918. The number of fused-ring (bicyclic) bond motifs is 1. The molecule has 1 heterocycles. The molecule has 0 saturated heterocycles. The number of hydrogen-bond acceptors (Lipinski definition) is 2. The standard InChI is InChI=1S/C19H23NO/c1-3-4-14-5-7-15(8-6-14)19-18-10-9-17(21-2)13-16(18)11-12-20-19/h5-10,13,19-20H,3-4,11-12H2,1-2H3. The van der Waals surface area contributed by atoms with Crippen LogP contribution in [0.4, 0.5) is 0 Å². The zero-order valence-corrected chi connectivity index (χ0v) is 12.9. The molecular formula is C19H23NO. The second-order valence-corrected chi connectivity index (χ2v) is 5.69. The minimum Gasteiger partial charge on any atom is -0.497 e. The minimum atomic E-state index is 0.301. The lowest BCUT2D eigenvalue weighted by atomic mass is 9.89. The van der Waals surface area contributed by atoms with Crippen molar-refractivity contribution in [3.05, 3.63) is 64.7 Å². The molecule has 2 heteroatoms. The largest absolute Gasteiger partial charge is 0.497 e. The zero-order chi connectivity index (χ0) is 14.7. The summed E-state index contributed by atoms with van der Waals surface area (Å²) in [7, 11) is 1.73. The fraction of sp³-hybridized carbons (Fsp3) is 0.368. The molecule has 1 unspecified atom stereocenters. The Labute approximate surface area is 127 Å². The highest BCUT2D eigenvalue weighted by atomic mass is 16.5. The molecule has 0 aromatic heterocycles. The molecule has 1 aliphatic heterocycles. The molecule has 0 bridgehead atoms. The second-order valence-electron chi connectivity index (χ2n) is 5.69. The second kappa shape index (κ2) is 6.31. The average Bonchev–Trinajstić information content (AvgIpc) is 2.55. The maximum atomic E-state index is 5.34. The van der Waals surface area contributed by atoms with Gasteiger partial charge in [-0.25, -0.2) is 0 Å². The predicted molar refractivity (Wildman–Crippen MR) is 87.0 cm³/mol. The van der Waals surface area contributed by atoms with E-state index in [1.165, 1.54) is 28.7 Å². The van der Waals surface area contributed by atoms with Gasteiger partial charge in [-0.3, -0.25) is 0 Å². The smallest absolute Gasteiger partial charge is 0.119 e. The Morgan fingerprint density at radius 3 is 2.67 bits per heavy atom. The van der Waals surface area contributed by atoms with Crippen LogP contribution in [0.3, 0.4) is 0 Å². The van der Waals surface area contributed by atoms with Crippen molar-refractivity contribution >= 4 is 0 Å². The molecule has 1 atom stereocenters. The summed E-state index contributed by atoms with van der Waals surface area (Å²) >= 11 is 0. The lowest BCUT2D eigenvalue weighted by molar-refractivity contribution is 0.413. The fourth-order valence-electron chi connectivity index (χ4n) is 3.13. The van der Waals surface area contributed by atoms with Crippen molar-refractivity contribution < 1.29 is 4.74 Å². The van der Waals surface area contributed by atoms with E-state index in [0.717, 1.165) is 25.1 Å². The van der Waals surface area contributed by atoms with Crippen molar-refractivity contribution in [2.24, 2.45) is 0 Å². The maximum Gasteiger partial charge on any atom is 0.119 e. The van der Waals surface area contributed by atoms with E-state index in [9.17, 15) is 0 Å². The third kappa shape index (κ3) is 2.96. The SMILES string of the molecule is CCCc1ccc(C2NCCc3cc(OC)ccc32)cc1. The molecule has 0 fully saturated rings. The zero-order valence-electron chi connectivity index (χ0n) is 12.9. The number of benzene rings is 2. The van der Waals surface area contributed by atoms with Crippen molar-refractivity contribution in [3.63, 3.8) is 0 Å². The van der Waals surface area contributed by atoms with Crippen LogP contribution in [-0.2, 0) is 12.8 Å². The van der Waals surface area contributed by atoms with E-state index >= 15 is 0 Å². The van der Waals surface area contributed by atoms with Crippen LogP contribution >= 0.6 is 0 Å². The molecule has 0 radical (unpaired) electrons. The Morgan fingerprint density at radius 1 is 1.14 bits per heavy atom. The molecule has 21 heavy (non-hydrogen) atoms. The van der Waals surface area contributed by atoms with E-state index in [-0.39, 0.29) is 0 Å². The Kier molecular flexibility index (Phi) is 4.26. The van der Waals surface area contributed by atoms with E-state index < -0.39 is 0 Å². The summed E-state index contributed by atoms with van der Waals surface area (Å²) in [5.41, 5.74) is 5.55. The highest BCUT2D eigenvalue weighted by Gasteiger charge is 2.21. The normalized spacial score (nSPS) is 17.3. The van der Waals surface area contributed by atoms with Crippen molar-refractivity contribution in [3.8, 4) is 5.75 Å². The number of methoxy groups -OCH3 is 1. The summed E-state index contributed by atoms with van der Waals surface area (Å²) in [6, 6.07) is 15.8. The van der Waals surface area contributed by atoms with Gasteiger partial charge in [-0.15, -0.1) is 0 Å². The van der Waals surface area contributed by atoms with Gasteiger partial charge in [0.15, 0.2) is 0 Å². The van der Waals surface area contributed by atoms with Crippen LogP contribution in [0.1, 0.15) is 41.6 Å². The number of hydrogen-bond donors (Lipinski definition) is 1. The summed E-state index contributed by atoms with van der Waals surface area (Å²) in [5.74, 6) is 0.952. The van der Waals surface area contributed by atoms with Gasteiger partial charge in [0.25, 0.3) is 0 Å². The van der Waals surface area contributed by atoms with E-state index in [1.807, 2.05) is 0 Å². The monoisotopic (exact) mass is 281 g/mol. The first-order chi connectivity index (χ1) is 10.3. The van der Waals surface area contributed by atoms with Gasteiger partial charge in [0.2, 0.25) is 0 Å². The van der Waals surface area contributed by atoms with Crippen LogP contribution in [0, 0.1) is 0 Å². The van der Waals surface area contributed by atoms with Gasteiger partial charge < -0.3 is 10.1 Å². The highest BCUT2D eigenvalue weighted by Crippen LogP contribution is 2.31. The predicted octanol–water partition coefficient (Wildman–Crippen LogP) is 3.88. The topological polar surface area (TPSA) is 21.3 Å². The minimum absolute atomic E-state index is 0.301. The Morgan fingerprint density at radius 2 is 1.95 bits per heavy atom. The van der Waals surface area contributed by atoms with Gasteiger partial charge in [0.05, 0.1) is 13.2 Å². The summed E-state index contributed by atoms with van der Waals surface area (Å²) < 4.78 is 5.34. The first-order valence-corrected chi connectivity index (χ1v) is 7.81. The van der Waals surface area contributed by atoms with Crippen molar-refractivity contribution in [2.75, 3.05) is 13.7 Å². The molecule has 1 aliphatic rings. The highest BCUT2D eigenvalue weighted by molar-refractivity contribution is 5.44. The summed E-state index contributed by atoms with van der Waals surface area (Å²) in [6.45, 7) is 3.24. The van der Waals surface area contributed by atoms with Crippen LogP contribution in [0.2, 0.25) is 0 Å². The van der Waals surface area contributed by atoms with Gasteiger partial charge >= 0.3 is 0 Å². The van der Waals surface area contributed by atoms with Crippen LogP contribution in [0.25, 0.3) is 0 Å². The third-order valence-corrected chi connectivity index (χ3v) is 4.26. The lowest BCUT2D eigenvalue weighted by Gasteiger charge is -2.28. The molecule has 110 valence electrons. The van der Waals surface area contributed by atoms with E-state index in [2.05, 4.69) is 54.7 Å². The van der Waals surface area contributed by atoms with Crippen LogP contribution in [0.15, 0.2) is 42.5 Å². The molecule has 2 aromatic rings. The van der Waals surface area contributed by atoms with E-state index in [0.29, 0.717) is 6.04 Å². The van der Waals surface area contributed by atoms with Crippen molar-refractivity contribution in [2.45, 2.75) is 32.2 Å². The molecule has 0 saturated carbocycles. The number of ether oxygens (including phenoxy) is 1. The molecule has 3 rings (SSSR count). The average molecular weight is 281 g/mol. The maximum absolute atomic E-state index is 5.34. The fourth-order valence-corrected chi connectivity index (χ4v) is 3.13. The van der Waals surface area contributed by atoms with E-state index in [4.69, 9.17) is 4.74 Å². The van der Waals surface area contributed by atoms with E-state index in [1.54, 1.807) is 7.11 Å². The number of rotatable bonds is 4. The van der Waals surface area contributed by atoms with Gasteiger partial charge in [0.1, 0.15) is 5.75 Å². The third-order valence-electron chi connectivity index (χ3n) is 4.26. The van der Waals surface area contributed by atoms with Crippen LogP contribution in [-0.4, -0.2) is 13.7 Å². The first-order valence-electron chi connectivity index (χ1n) is 7.81. The molecule has 1 N–H and O–H groups in total. The molecule has 0 amide bonds. The molecular weight excluding hydrogens is 258 g/mol. The summed E-state index contributed by atoms with van der Waals surface area (Å²) in [4.78, 5) is 0.